The van der Waals surface area contributed by atoms with Gasteiger partial charge < -0.3 is 31.8 Å². The zero-order chi connectivity index (χ0) is 31.0. The summed E-state index contributed by atoms with van der Waals surface area (Å²) in [6, 6.07) is 19.6. The monoisotopic (exact) mass is 623 g/mol. The third kappa shape index (κ3) is 16.6. The molecule has 0 spiro atoms. The SMILES string of the molecule is C#C.C#CCCCOc1cccc(C(N)=O)c1.NC(=O)c1cccc(O)c1.NC(=O)c1cccc(OCCCBr)c1. The highest BCUT2D eigenvalue weighted by molar-refractivity contribution is 9.09. The normalized spacial score (nSPS) is 9.02. The number of phenolic OH excluding ortho intramolecular Hbond substituents is 1. The van der Waals surface area contributed by atoms with Gasteiger partial charge in [0.25, 0.3) is 0 Å². The molecule has 0 saturated carbocycles. The molecule has 0 aliphatic rings. The second-order valence-corrected chi connectivity index (χ2v) is 8.54. The predicted molar refractivity (Wildman–Crippen MR) is 164 cm³/mol. The summed E-state index contributed by atoms with van der Waals surface area (Å²) in [5.74, 6) is 2.49. The number of alkyl halides is 1. The number of hydrogen-bond donors (Lipinski definition) is 4. The number of halogens is 1. The van der Waals surface area contributed by atoms with Crippen LogP contribution in [0, 0.1) is 25.2 Å². The van der Waals surface area contributed by atoms with Crippen LogP contribution >= 0.6 is 15.9 Å². The maximum Gasteiger partial charge on any atom is 0.248 e. The first-order valence-corrected chi connectivity index (χ1v) is 13.3. The van der Waals surface area contributed by atoms with E-state index in [1.807, 2.05) is 0 Å². The van der Waals surface area contributed by atoms with E-state index in [2.05, 4.69) is 34.7 Å². The summed E-state index contributed by atoms with van der Waals surface area (Å²) >= 11 is 3.31. The van der Waals surface area contributed by atoms with Crippen molar-refractivity contribution in [2.75, 3.05) is 18.5 Å². The van der Waals surface area contributed by atoms with E-state index in [4.69, 9.17) is 38.2 Å². The number of benzene rings is 3. The van der Waals surface area contributed by atoms with Gasteiger partial charge in [0.15, 0.2) is 0 Å². The molecule has 9 nitrogen and oxygen atoms in total. The second kappa shape index (κ2) is 21.9. The fraction of sp³-hybridized carbons (Fsp3) is 0.194. The lowest BCUT2D eigenvalue weighted by atomic mass is 10.2. The van der Waals surface area contributed by atoms with Gasteiger partial charge in [-0.15, -0.1) is 25.2 Å². The van der Waals surface area contributed by atoms with Crippen molar-refractivity contribution in [1.82, 2.24) is 0 Å². The third-order valence-corrected chi connectivity index (χ3v) is 5.21. The van der Waals surface area contributed by atoms with E-state index in [1.165, 1.54) is 12.1 Å². The number of phenols is 1. The summed E-state index contributed by atoms with van der Waals surface area (Å²) in [5.41, 5.74) is 16.4. The molecule has 216 valence electrons. The molecule has 0 unspecified atom stereocenters. The van der Waals surface area contributed by atoms with Crippen molar-refractivity contribution >= 4 is 33.7 Å². The van der Waals surface area contributed by atoms with E-state index in [-0.39, 0.29) is 5.75 Å². The van der Waals surface area contributed by atoms with E-state index in [0.29, 0.717) is 47.8 Å². The van der Waals surface area contributed by atoms with Crippen molar-refractivity contribution in [3.05, 3.63) is 89.5 Å². The molecule has 0 saturated heterocycles. The van der Waals surface area contributed by atoms with Gasteiger partial charge in [-0.25, -0.2) is 0 Å². The molecule has 3 aromatic carbocycles. The molecule has 3 amide bonds. The lowest BCUT2D eigenvalue weighted by Crippen LogP contribution is -2.10. The van der Waals surface area contributed by atoms with Gasteiger partial charge >= 0.3 is 0 Å². The fourth-order valence-electron chi connectivity index (χ4n) is 2.75. The molecule has 0 bridgehead atoms. The number of rotatable bonds is 11. The summed E-state index contributed by atoms with van der Waals surface area (Å²) < 4.78 is 10.8. The Bertz CT molecular complexity index is 1300. The first-order valence-electron chi connectivity index (χ1n) is 12.1. The van der Waals surface area contributed by atoms with Gasteiger partial charge in [-0.3, -0.25) is 14.4 Å². The Morgan fingerprint density at radius 2 is 1.15 bits per heavy atom. The Labute approximate surface area is 249 Å². The zero-order valence-corrected chi connectivity index (χ0v) is 24.1. The van der Waals surface area contributed by atoms with Crippen molar-refractivity contribution in [3.63, 3.8) is 0 Å². The minimum atomic E-state index is -0.532. The molecule has 0 atom stereocenters. The van der Waals surface area contributed by atoms with Crippen LogP contribution < -0.4 is 26.7 Å². The van der Waals surface area contributed by atoms with E-state index >= 15 is 0 Å². The average Bonchev–Trinajstić information content (AvgIpc) is 2.97. The smallest absolute Gasteiger partial charge is 0.248 e. The summed E-state index contributed by atoms with van der Waals surface area (Å²) in [7, 11) is 0. The van der Waals surface area contributed by atoms with Crippen LogP contribution in [0.5, 0.6) is 17.2 Å². The minimum absolute atomic E-state index is 0.0521. The van der Waals surface area contributed by atoms with Gasteiger partial charge in [-0.05, 0) is 67.4 Å². The van der Waals surface area contributed by atoms with E-state index < -0.39 is 17.7 Å². The number of primary amides is 3. The molecule has 0 fully saturated rings. The van der Waals surface area contributed by atoms with Crippen molar-refractivity contribution < 1.29 is 29.0 Å². The first kappa shape index (κ1) is 36.1. The lowest BCUT2D eigenvalue weighted by molar-refractivity contribution is 0.0991. The number of amides is 3. The number of carbonyl (C=O) groups is 3. The van der Waals surface area contributed by atoms with Crippen LogP contribution in [0.25, 0.3) is 0 Å². The number of terminal acetylenes is 2. The standard InChI is InChI=1S/C12H13NO2.C10H12BrNO2.C7H7NO2.C2H2/c1-2-3-4-8-15-11-7-5-6-10(9-11)12(13)14;11-5-2-6-14-9-4-1-3-8(7-9)10(12)13;8-7(10)5-2-1-3-6(9)4-5;1-2/h1,5-7,9H,3-4,8H2,(H2,13,14);1,3-4,7H,2,5-6H2,(H2,12,13);1-4,9H,(H2,8,10);1-2H. The highest BCUT2D eigenvalue weighted by Gasteiger charge is 2.02. The van der Waals surface area contributed by atoms with E-state index in [0.717, 1.165) is 18.2 Å². The van der Waals surface area contributed by atoms with Crippen LogP contribution in [-0.2, 0) is 0 Å². The summed E-state index contributed by atoms with van der Waals surface area (Å²) in [6.07, 6.45) is 15.5. The van der Waals surface area contributed by atoms with Crippen LogP contribution in [0.3, 0.4) is 0 Å². The highest BCUT2D eigenvalue weighted by Crippen LogP contribution is 2.14. The van der Waals surface area contributed by atoms with Crippen LogP contribution in [0.1, 0.15) is 50.3 Å². The van der Waals surface area contributed by atoms with Gasteiger partial charge in [0.05, 0.1) is 13.2 Å². The number of unbranched alkanes of at least 4 members (excludes halogenated alkanes) is 1. The third-order valence-electron chi connectivity index (χ3n) is 4.65. The minimum Gasteiger partial charge on any atom is -0.508 e. The maximum atomic E-state index is 10.9. The van der Waals surface area contributed by atoms with Crippen LogP contribution in [0.15, 0.2) is 72.8 Å². The Hall–Kier alpha value is -4.93. The molecular formula is C31H34BrN3O6. The van der Waals surface area contributed by atoms with Crippen molar-refractivity contribution in [3.8, 4) is 42.4 Å². The molecule has 0 aromatic heterocycles. The topological polar surface area (TPSA) is 168 Å². The number of hydrogen-bond acceptors (Lipinski definition) is 6. The van der Waals surface area contributed by atoms with Crippen LogP contribution in [-0.4, -0.2) is 41.4 Å². The van der Waals surface area contributed by atoms with Gasteiger partial charge in [-0.1, -0.05) is 34.1 Å². The van der Waals surface area contributed by atoms with Crippen molar-refractivity contribution in [2.45, 2.75) is 19.3 Å². The molecule has 41 heavy (non-hydrogen) atoms. The fourth-order valence-corrected chi connectivity index (χ4v) is 2.98. The first-order chi connectivity index (χ1) is 19.7. The van der Waals surface area contributed by atoms with Gasteiger partial charge in [0, 0.05) is 28.4 Å². The van der Waals surface area contributed by atoms with Crippen LogP contribution in [0.4, 0.5) is 0 Å². The average molecular weight is 625 g/mol. The van der Waals surface area contributed by atoms with Gasteiger partial charge in [-0.2, -0.15) is 0 Å². The summed E-state index contributed by atoms with van der Waals surface area (Å²) in [5, 5.41) is 9.76. The Morgan fingerprint density at radius 1 is 0.732 bits per heavy atom. The zero-order valence-electron chi connectivity index (χ0n) is 22.5. The molecule has 0 aliphatic heterocycles. The van der Waals surface area contributed by atoms with E-state index in [9.17, 15) is 14.4 Å². The number of carbonyl (C=O) groups excluding carboxylic acids is 3. The molecule has 0 heterocycles. The Morgan fingerprint density at radius 3 is 1.51 bits per heavy atom. The van der Waals surface area contributed by atoms with Crippen LogP contribution in [0.2, 0.25) is 0 Å². The van der Waals surface area contributed by atoms with E-state index in [1.54, 1.807) is 60.7 Å². The molecule has 10 heteroatoms. The molecule has 0 radical (unpaired) electrons. The molecule has 0 aliphatic carbocycles. The predicted octanol–water partition coefficient (Wildman–Crippen LogP) is 4.27. The molecular weight excluding hydrogens is 590 g/mol. The number of ether oxygens (including phenoxy) is 2. The van der Waals surface area contributed by atoms with Crippen molar-refractivity contribution in [2.24, 2.45) is 17.2 Å². The van der Waals surface area contributed by atoms with Gasteiger partial charge in [0.1, 0.15) is 17.2 Å². The van der Waals surface area contributed by atoms with Crippen molar-refractivity contribution in [1.29, 1.82) is 0 Å². The van der Waals surface area contributed by atoms with Gasteiger partial charge in [0.2, 0.25) is 17.7 Å². The quantitative estimate of drug-likeness (QED) is 0.141. The largest absolute Gasteiger partial charge is 0.508 e. The lowest BCUT2D eigenvalue weighted by Gasteiger charge is -2.05. The Kier molecular flexibility index (Phi) is 19.3. The summed E-state index contributed by atoms with van der Waals surface area (Å²) in [4.78, 5) is 32.2. The summed E-state index contributed by atoms with van der Waals surface area (Å²) in [6.45, 7) is 1.18. The second-order valence-electron chi connectivity index (χ2n) is 7.75. The number of aromatic hydroxyl groups is 1. The maximum absolute atomic E-state index is 10.9. The highest BCUT2D eigenvalue weighted by atomic mass is 79.9. The molecule has 3 aromatic rings. The Balaban J connectivity index is 0.000000577. The molecule has 7 N–H and O–H groups in total. The molecule has 3 rings (SSSR count). The number of nitrogens with two attached hydrogens (primary N) is 3.